The molecule has 0 radical (unpaired) electrons. The van der Waals surface area contributed by atoms with Crippen LogP contribution in [0, 0.1) is 0 Å². The van der Waals surface area contributed by atoms with Crippen molar-refractivity contribution < 1.29 is 31.4 Å². The van der Waals surface area contributed by atoms with Crippen LogP contribution in [0.4, 0.5) is 37.7 Å². The number of benzene rings is 2. The number of aliphatic hydroxyl groups is 1. The summed E-state index contributed by atoms with van der Waals surface area (Å²) >= 11 is 0. The summed E-state index contributed by atoms with van der Waals surface area (Å²) in [6.07, 6.45) is -12.0. The Labute approximate surface area is 120 Å². The van der Waals surface area contributed by atoms with E-state index in [-0.39, 0.29) is 11.1 Å². The van der Waals surface area contributed by atoms with E-state index in [4.69, 9.17) is 11.5 Å². The molecule has 0 unspecified atom stereocenters. The Kier molecular flexibility index (Phi) is 3.44. The van der Waals surface area contributed by atoms with Gasteiger partial charge < -0.3 is 16.6 Å². The maximum Gasteiger partial charge on any atom is 0.430 e. The lowest BCUT2D eigenvalue weighted by atomic mass is 9.86. The Balaban J connectivity index is 2.99. The van der Waals surface area contributed by atoms with Crippen LogP contribution in [0.2, 0.25) is 0 Å². The fourth-order valence-electron chi connectivity index (χ4n) is 2.25. The third kappa shape index (κ3) is 2.12. The molecule has 0 aliphatic heterocycles. The van der Waals surface area contributed by atoms with Gasteiger partial charge in [-0.15, -0.1) is 0 Å². The third-order valence-electron chi connectivity index (χ3n) is 3.31. The average Bonchev–Trinajstić information content (AvgIpc) is 2.35. The quantitative estimate of drug-likeness (QED) is 0.557. The van der Waals surface area contributed by atoms with E-state index in [9.17, 15) is 31.4 Å². The Morgan fingerprint density at radius 1 is 0.727 bits per heavy atom. The zero-order chi connectivity index (χ0) is 16.9. The Bertz CT molecular complexity index is 709. The number of rotatable bonds is 1. The zero-order valence-corrected chi connectivity index (χ0v) is 10.8. The summed E-state index contributed by atoms with van der Waals surface area (Å²) in [5.74, 6) is 0. The number of halogens is 6. The van der Waals surface area contributed by atoms with Gasteiger partial charge in [-0.25, -0.2) is 0 Å². The maximum atomic E-state index is 13.0. The van der Waals surface area contributed by atoms with Crippen molar-refractivity contribution in [3.63, 3.8) is 0 Å². The van der Waals surface area contributed by atoms with Gasteiger partial charge in [0.05, 0.1) is 0 Å². The summed E-state index contributed by atoms with van der Waals surface area (Å²) < 4.78 is 78.2. The lowest BCUT2D eigenvalue weighted by Gasteiger charge is -2.34. The van der Waals surface area contributed by atoms with E-state index in [2.05, 4.69) is 0 Å². The Morgan fingerprint density at radius 3 is 1.77 bits per heavy atom. The molecule has 5 N–H and O–H groups in total. The molecule has 0 fully saturated rings. The number of fused-ring (bicyclic) bond motifs is 1. The van der Waals surface area contributed by atoms with Crippen molar-refractivity contribution in [2.75, 3.05) is 11.5 Å². The fourth-order valence-corrected chi connectivity index (χ4v) is 2.25. The van der Waals surface area contributed by atoms with Crippen LogP contribution in [0.1, 0.15) is 5.56 Å². The van der Waals surface area contributed by atoms with E-state index in [0.29, 0.717) is 0 Å². The van der Waals surface area contributed by atoms with Crippen LogP contribution in [0.15, 0.2) is 30.3 Å². The smallest absolute Gasteiger partial charge is 0.398 e. The molecule has 0 saturated carbocycles. The number of nitrogen functional groups attached to an aromatic ring is 2. The van der Waals surface area contributed by atoms with E-state index >= 15 is 0 Å². The number of anilines is 2. The average molecular weight is 324 g/mol. The van der Waals surface area contributed by atoms with Gasteiger partial charge in [-0.05, 0) is 17.5 Å². The molecule has 0 amide bonds. The summed E-state index contributed by atoms with van der Waals surface area (Å²) in [6.45, 7) is 0. The van der Waals surface area contributed by atoms with Gasteiger partial charge in [0.25, 0.3) is 5.60 Å². The lowest BCUT2D eigenvalue weighted by Crippen LogP contribution is -2.54. The fraction of sp³-hybridized carbons (Fsp3) is 0.231. The lowest BCUT2D eigenvalue weighted by molar-refractivity contribution is -0.375. The molecular weight excluding hydrogens is 314 g/mol. The maximum absolute atomic E-state index is 13.0. The van der Waals surface area contributed by atoms with E-state index < -0.39 is 34.6 Å². The summed E-state index contributed by atoms with van der Waals surface area (Å²) in [5.41, 5.74) is 3.42. The Morgan fingerprint density at radius 2 is 1.27 bits per heavy atom. The molecule has 0 aliphatic rings. The first-order valence-electron chi connectivity index (χ1n) is 5.84. The molecule has 22 heavy (non-hydrogen) atoms. The molecular formula is C13H10F6N2O. The molecule has 0 aliphatic carbocycles. The normalized spacial score (nSPS) is 13.6. The Hall–Kier alpha value is -2.16. The molecule has 9 heteroatoms. The summed E-state index contributed by atoms with van der Waals surface area (Å²) in [7, 11) is 0. The van der Waals surface area contributed by atoms with Crippen LogP contribution < -0.4 is 11.5 Å². The molecule has 120 valence electrons. The highest BCUT2D eigenvalue weighted by atomic mass is 19.4. The molecule has 0 aromatic heterocycles. The summed E-state index contributed by atoms with van der Waals surface area (Å²) in [6, 6.07) is 5.50. The first kappa shape index (κ1) is 16.2. The van der Waals surface area contributed by atoms with Gasteiger partial charge in [-0.2, -0.15) is 26.3 Å². The second-order valence-corrected chi connectivity index (χ2v) is 4.68. The van der Waals surface area contributed by atoms with Crippen molar-refractivity contribution in [1.29, 1.82) is 0 Å². The highest BCUT2D eigenvalue weighted by Crippen LogP contribution is 2.53. The SMILES string of the molecule is Nc1ccc2c(N)cccc2c1C(O)(C(F)(F)F)C(F)(F)F. The third-order valence-corrected chi connectivity index (χ3v) is 3.31. The van der Waals surface area contributed by atoms with Crippen LogP contribution >= 0.6 is 0 Å². The van der Waals surface area contributed by atoms with Gasteiger partial charge in [0.15, 0.2) is 0 Å². The van der Waals surface area contributed by atoms with E-state index in [0.717, 1.165) is 12.1 Å². The van der Waals surface area contributed by atoms with Crippen LogP contribution in [0.25, 0.3) is 10.8 Å². The summed E-state index contributed by atoms with van der Waals surface area (Å²) in [4.78, 5) is 0. The molecule has 2 rings (SSSR count). The van der Waals surface area contributed by atoms with Crippen LogP contribution in [0.3, 0.4) is 0 Å². The van der Waals surface area contributed by atoms with Crippen molar-refractivity contribution in [3.05, 3.63) is 35.9 Å². The molecule has 2 aromatic rings. The van der Waals surface area contributed by atoms with Gasteiger partial charge in [-0.3, -0.25) is 0 Å². The van der Waals surface area contributed by atoms with Gasteiger partial charge in [0.2, 0.25) is 0 Å². The summed E-state index contributed by atoms with van der Waals surface area (Å²) in [5, 5.41) is 8.97. The van der Waals surface area contributed by atoms with E-state index in [1.807, 2.05) is 0 Å². The van der Waals surface area contributed by atoms with Crippen LogP contribution in [-0.4, -0.2) is 17.5 Å². The number of nitrogens with two attached hydrogens (primary N) is 2. The van der Waals surface area contributed by atoms with Crippen LogP contribution in [-0.2, 0) is 5.60 Å². The molecule has 0 atom stereocenters. The van der Waals surface area contributed by atoms with Crippen molar-refractivity contribution in [3.8, 4) is 0 Å². The first-order valence-corrected chi connectivity index (χ1v) is 5.84. The van der Waals surface area contributed by atoms with Crippen molar-refractivity contribution in [2.45, 2.75) is 18.0 Å². The van der Waals surface area contributed by atoms with E-state index in [1.165, 1.54) is 18.2 Å². The van der Waals surface area contributed by atoms with Gasteiger partial charge >= 0.3 is 12.4 Å². The van der Waals surface area contributed by atoms with Gasteiger partial charge in [0.1, 0.15) is 0 Å². The predicted octanol–water partition coefficient (Wildman–Crippen LogP) is 3.32. The molecule has 0 bridgehead atoms. The largest absolute Gasteiger partial charge is 0.430 e. The highest BCUT2D eigenvalue weighted by Gasteiger charge is 2.72. The predicted molar refractivity (Wildman–Crippen MR) is 68.8 cm³/mol. The van der Waals surface area contributed by atoms with Gasteiger partial charge in [-0.1, -0.05) is 18.2 Å². The minimum Gasteiger partial charge on any atom is -0.398 e. The topological polar surface area (TPSA) is 72.3 Å². The number of hydrogen-bond donors (Lipinski definition) is 3. The highest BCUT2D eigenvalue weighted by molar-refractivity contribution is 5.98. The molecule has 0 saturated heterocycles. The van der Waals surface area contributed by atoms with Crippen molar-refractivity contribution in [1.82, 2.24) is 0 Å². The molecule has 2 aromatic carbocycles. The van der Waals surface area contributed by atoms with Gasteiger partial charge in [0, 0.05) is 22.3 Å². The number of hydrogen-bond acceptors (Lipinski definition) is 3. The van der Waals surface area contributed by atoms with E-state index in [1.54, 1.807) is 0 Å². The monoisotopic (exact) mass is 324 g/mol. The minimum atomic E-state index is -6.02. The zero-order valence-electron chi connectivity index (χ0n) is 10.8. The van der Waals surface area contributed by atoms with Crippen LogP contribution in [0.5, 0.6) is 0 Å². The molecule has 3 nitrogen and oxygen atoms in total. The second kappa shape index (κ2) is 4.67. The van der Waals surface area contributed by atoms with Crippen molar-refractivity contribution in [2.24, 2.45) is 0 Å². The molecule has 0 heterocycles. The standard InChI is InChI=1S/C13H10F6N2O/c14-12(15,16)11(22,13(17,18)19)10-7-2-1-3-8(20)6(7)4-5-9(10)21/h1-5,22H,20-21H2. The minimum absolute atomic E-state index is 0.0366. The van der Waals surface area contributed by atoms with Crippen molar-refractivity contribution >= 4 is 22.1 Å². The second-order valence-electron chi connectivity index (χ2n) is 4.68. The first-order chi connectivity index (χ1) is 9.91. The number of alkyl halides is 6. The molecule has 0 spiro atoms.